The van der Waals surface area contributed by atoms with Crippen LogP contribution in [-0.4, -0.2) is 30.9 Å². The standard InChI is InChI=1S/C14H13N5OS2/c1-10(12(20)17-13-15-7-8-21-13)22-14-16-9-19(18-14)11-5-3-2-4-6-11/h2-10H,1H3,(H,15,17,20). The molecule has 22 heavy (non-hydrogen) atoms. The Bertz CT molecular complexity index is 742. The molecule has 0 spiro atoms. The zero-order valence-electron chi connectivity index (χ0n) is 11.7. The second kappa shape index (κ2) is 6.71. The van der Waals surface area contributed by atoms with Crippen LogP contribution < -0.4 is 5.32 Å². The van der Waals surface area contributed by atoms with E-state index in [-0.39, 0.29) is 11.2 Å². The van der Waals surface area contributed by atoms with Gasteiger partial charge in [-0.2, -0.15) is 0 Å². The van der Waals surface area contributed by atoms with Gasteiger partial charge in [-0.25, -0.2) is 14.6 Å². The Labute approximate surface area is 135 Å². The van der Waals surface area contributed by atoms with Crippen molar-refractivity contribution in [2.24, 2.45) is 0 Å². The first-order valence-corrected chi connectivity index (χ1v) is 8.32. The summed E-state index contributed by atoms with van der Waals surface area (Å²) < 4.78 is 1.69. The summed E-state index contributed by atoms with van der Waals surface area (Å²) in [7, 11) is 0. The van der Waals surface area contributed by atoms with Gasteiger partial charge in [0, 0.05) is 11.6 Å². The van der Waals surface area contributed by atoms with E-state index in [4.69, 9.17) is 0 Å². The van der Waals surface area contributed by atoms with Gasteiger partial charge >= 0.3 is 0 Å². The van der Waals surface area contributed by atoms with E-state index in [1.54, 1.807) is 17.2 Å². The van der Waals surface area contributed by atoms with Crippen molar-refractivity contribution >= 4 is 34.1 Å². The molecule has 1 unspecified atom stereocenters. The highest BCUT2D eigenvalue weighted by Gasteiger charge is 2.17. The van der Waals surface area contributed by atoms with Crippen molar-refractivity contribution in [3.05, 3.63) is 48.2 Å². The molecule has 3 rings (SSSR count). The molecule has 1 aromatic carbocycles. The van der Waals surface area contributed by atoms with E-state index in [9.17, 15) is 4.79 Å². The number of carbonyl (C=O) groups is 1. The lowest BCUT2D eigenvalue weighted by Crippen LogP contribution is -2.22. The molecule has 0 radical (unpaired) electrons. The predicted octanol–water partition coefficient (Wildman–Crippen LogP) is 2.84. The highest BCUT2D eigenvalue weighted by molar-refractivity contribution is 8.00. The number of thiazole rings is 1. The third-order valence-electron chi connectivity index (χ3n) is 2.81. The largest absolute Gasteiger partial charge is 0.301 e. The molecule has 0 aliphatic heterocycles. The third kappa shape index (κ3) is 3.52. The number of aromatic nitrogens is 4. The van der Waals surface area contributed by atoms with Crippen LogP contribution in [0.1, 0.15) is 6.92 Å². The minimum atomic E-state index is -0.310. The number of benzene rings is 1. The van der Waals surface area contributed by atoms with Gasteiger partial charge in [0.1, 0.15) is 6.33 Å². The molecule has 0 aliphatic rings. The zero-order chi connectivity index (χ0) is 15.4. The second-order valence-electron chi connectivity index (χ2n) is 4.39. The molecule has 2 aromatic heterocycles. The van der Waals surface area contributed by atoms with E-state index in [1.165, 1.54) is 23.1 Å². The van der Waals surface area contributed by atoms with Crippen molar-refractivity contribution in [2.45, 2.75) is 17.3 Å². The molecular formula is C14H13N5OS2. The smallest absolute Gasteiger partial charge is 0.239 e. The second-order valence-corrected chi connectivity index (χ2v) is 6.60. The number of carbonyl (C=O) groups excluding carboxylic acids is 1. The lowest BCUT2D eigenvalue weighted by Gasteiger charge is -2.07. The van der Waals surface area contributed by atoms with Crippen molar-refractivity contribution in [2.75, 3.05) is 5.32 Å². The van der Waals surface area contributed by atoms with E-state index < -0.39 is 0 Å². The maximum absolute atomic E-state index is 12.1. The quantitative estimate of drug-likeness (QED) is 0.728. The van der Waals surface area contributed by atoms with Gasteiger partial charge in [-0.05, 0) is 19.1 Å². The molecule has 6 nitrogen and oxygen atoms in total. The van der Waals surface area contributed by atoms with Crippen LogP contribution in [0.3, 0.4) is 0 Å². The lowest BCUT2D eigenvalue weighted by atomic mass is 10.3. The summed E-state index contributed by atoms with van der Waals surface area (Å²) in [6, 6.07) is 9.71. The highest BCUT2D eigenvalue weighted by atomic mass is 32.2. The molecule has 1 N–H and O–H groups in total. The van der Waals surface area contributed by atoms with E-state index in [2.05, 4.69) is 20.4 Å². The van der Waals surface area contributed by atoms with Crippen LogP contribution in [0, 0.1) is 0 Å². The first-order valence-electron chi connectivity index (χ1n) is 6.56. The predicted molar refractivity (Wildman–Crippen MR) is 87.4 cm³/mol. The lowest BCUT2D eigenvalue weighted by molar-refractivity contribution is -0.115. The maximum atomic E-state index is 12.1. The molecule has 2 heterocycles. The molecule has 0 aliphatic carbocycles. The SMILES string of the molecule is CC(Sc1ncn(-c2ccccc2)n1)C(=O)Nc1nccs1. The van der Waals surface area contributed by atoms with Gasteiger partial charge in [-0.15, -0.1) is 16.4 Å². The Morgan fingerprint density at radius 1 is 1.32 bits per heavy atom. The fourth-order valence-electron chi connectivity index (χ4n) is 1.71. The summed E-state index contributed by atoms with van der Waals surface area (Å²) in [4.78, 5) is 20.3. The summed E-state index contributed by atoms with van der Waals surface area (Å²) in [5.41, 5.74) is 0.932. The first kappa shape index (κ1) is 14.7. The van der Waals surface area contributed by atoms with Crippen LogP contribution in [0.25, 0.3) is 5.69 Å². The number of anilines is 1. The number of hydrogen-bond donors (Lipinski definition) is 1. The minimum Gasteiger partial charge on any atom is -0.301 e. The fourth-order valence-corrected chi connectivity index (χ4v) is 2.97. The summed E-state index contributed by atoms with van der Waals surface area (Å²) >= 11 is 2.70. The van der Waals surface area contributed by atoms with Gasteiger partial charge in [0.05, 0.1) is 10.9 Å². The molecule has 0 bridgehead atoms. The normalized spacial score (nSPS) is 12.0. The van der Waals surface area contributed by atoms with Gasteiger partial charge in [0.15, 0.2) is 5.13 Å². The highest BCUT2D eigenvalue weighted by Crippen LogP contribution is 2.21. The van der Waals surface area contributed by atoms with E-state index in [1.807, 2.05) is 42.6 Å². The molecule has 0 saturated carbocycles. The number of thioether (sulfide) groups is 1. The Balaban J connectivity index is 1.63. The number of nitrogens with one attached hydrogen (secondary N) is 1. The van der Waals surface area contributed by atoms with Crippen LogP contribution in [0.4, 0.5) is 5.13 Å². The Hall–Kier alpha value is -2.19. The first-order chi connectivity index (χ1) is 10.7. The average Bonchev–Trinajstić information content (AvgIpc) is 3.20. The van der Waals surface area contributed by atoms with Gasteiger partial charge in [0.2, 0.25) is 11.1 Å². The van der Waals surface area contributed by atoms with E-state index in [0.29, 0.717) is 10.3 Å². The average molecular weight is 331 g/mol. The number of amides is 1. The Morgan fingerprint density at radius 3 is 2.86 bits per heavy atom. The van der Waals surface area contributed by atoms with Crippen molar-refractivity contribution in [1.82, 2.24) is 19.7 Å². The topological polar surface area (TPSA) is 72.7 Å². The molecular weight excluding hydrogens is 318 g/mol. The maximum Gasteiger partial charge on any atom is 0.239 e. The summed E-state index contributed by atoms with van der Waals surface area (Å²) in [6.45, 7) is 1.82. The molecule has 0 fully saturated rings. The number of hydrogen-bond acceptors (Lipinski definition) is 6. The van der Waals surface area contributed by atoms with E-state index in [0.717, 1.165) is 5.69 Å². The van der Waals surface area contributed by atoms with Crippen molar-refractivity contribution < 1.29 is 4.79 Å². The van der Waals surface area contributed by atoms with Crippen LogP contribution in [0.2, 0.25) is 0 Å². The molecule has 8 heteroatoms. The van der Waals surface area contributed by atoms with E-state index >= 15 is 0 Å². The third-order valence-corrected chi connectivity index (χ3v) is 4.46. The number of rotatable bonds is 5. The molecule has 3 aromatic rings. The van der Waals surface area contributed by atoms with Crippen molar-refractivity contribution in [3.8, 4) is 5.69 Å². The minimum absolute atomic E-state index is 0.115. The summed E-state index contributed by atoms with van der Waals surface area (Å²) in [5.74, 6) is -0.115. The van der Waals surface area contributed by atoms with Gasteiger partial charge < -0.3 is 5.32 Å². The Morgan fingerprint density at radius 2 is 2.14 bits per heavy atom. The summed E-state index contributed by atoms with van der Waals surface area (Å²) in [5, 5.41) is 9.81. The molecule has 1 atom stereocenters. The van der Waals surface area contributed by atoms with Crippen molar-refractivity contribution in [1.29, 1.82) is 0 Å². The summed E-state index contributed by atoms with van der Waals surface area (Å²) in [6.07, 6.45) is 3.30. The van der Waals surface area contributed by atoms with Gasteiger partial charge in [0.25, 0.3) is 0 Å². The van der Waals surface area contributed by atoms with Crippen LogP contribution in [0.5, 0.6) is 0 Å². The van der Waals surface area contributed by atoms with Gasteiger partial charge in [-0.1, -0.05) is 30.0 Å². The fraction of sp³-hybridized carbons (Fsp3) is 0.143. The van der Waals surface area contributed by atoms with Crippen LogP contribution >= 0.6 is 23.1 Å². The van der Waals surface area contributed by atoms with Crippen molar-refractivity contribution in [3.63, 3.8) is 0 Å². The molecule has 0 saturated heterocycles. The van der Waals surface area contributed by atoms with Crippen LogP contribution in [0.15, 0.2) is 53.4 Å². The van der Waals surface area contributed by atoms with Crippen LogP contribution in [-0.2, 0) is 4.79 Å². The monoisotopic (exact) mass is 331 g/mol. The number of para-hydroxylation sites is 1. The number of nitrogens with zero attached hydrogens (tertiary/aromatic N) is 4. The molecule has 112 valence electrons. The Kier molecular flexibility index (Phi) is 4.50. The zero-order valence-corrected chi connectivity index (χ0v) is 13.3. The van der Waals surface area contributed by atoms with Gasteiger partial charge in [-0.3, -0.25) is 4.79 Å². The molecule has 1 amide bonds.